The van der Waals surface area contributed by atoms with Gasteiger partial charge in [0.05, 0.1) is 11.1 Å². The van der Waals surface area contributed by atoms with Crippen LogP contribution in [0.15, 0.2) is 18.2 Å². The lowest BCUT2D eigenvalue weighted by atomic mass is 9.77. The Morgan fingerprint density at radius 3 is 2.48 bits per heavy atom. The van der Waals surface area contributed by atoms with Crippen LogP contribution in [0.3, 0.4) is 0 Å². The molecule has 112 valence electrons. The molecule has 4 heteroatoms. The van der Waals surface area contributed by atoms with Crippen molar-refractivity contribution in [2.24, 2.45) is 11.8 Å². The van der Waals surface area contributed by atoms with E-state index in [-0.39, 0.29) is 17.9 Å². The molecule has 2 atom stereocenters. The molecule has 1 aromatic rings. The van der Waals surface area contributed by atoms with Gasteiger partial charge >= 0.3 is 0 Å². The van der Waals surface area contributed by atoms with Crippen molar-refractivity contribution in [3.05, 3.63) is 29.3 Å². The summed E-state index contributed by atoms with van der Waals surface area (Å²) in [5.74, 6) is 0.565. The molecule has 4 nitrogen and oxygen atoms in total. The van der Waals surface area contributed by atoms with Crippen LogP contribution in [0.1, 0.15) is 60.2 Å². The molecule has 0 saturated heterocycles. The zero-order valence-electron chi connectivity index (χ0n) is 12.6. The van der Waals surface area contributed by atoms with Crippen molar-refractivity contribution in [2.75, 3.05) is 5.73 Å². The molecular weight excluding hydrogens is 264 g/mol. The van der Waals surface area contributed by atoms with Crippen molar-refractivity contribution in [3.8, 4) is 0 Å². The van der Waals surface area contributed by atoms with Gasteiger partial charge in [-0.2, -0.15) is 0 Å². The molecule has 21 heavy (non-hydrogen) atoms. The number of nitrogen functional groups attached to an aromatic ring is 1. The van der Waals surface area contributed by atoms with Gasteiger partial charge in [-0.3, -0.25) is 14.5 Å². The maximum atomic E-state index is 12.7. The summed E-state index contributed by atoms with van der Waals surface area (Å²) in [6.07, 6.45) is 4.29. The molecule has 1 aliphatic carbocycles. The van der Waals surface area contributed by atoms with E-state index in [9.17, 15) is 9.59 Å². The number of nitrogens with zero attached hydrogens (tertiary/aromatic N) is 1. The number of rotatable bonds is 2. The van der Waals surface area contributed by atoms with E-state index in [0.29, 0.717) is 28.7 Å². The van der Waals surface area contributed by atoms with E-state index in [1.165, 1.54) is 11.3 Å². The minimum absolute atomic E-state index is 0.0346. The molecule has 3 rings (SSSR count). The molecule has 2 N–H and O–H groups in total. The van der Waals surface area contributed by atoms with Crippen LogP contribution in [-0.4, -0.2) is 22.8 Å². The zero-order valence-corrected chi connectivity index (χ0v) is 12.6. The number of benzene rings is 1. The maximum Gasteiger partial charge on any atom is 0.261 e. The van der Waals surface area contributed by atoms with Crippen LogP contribution in [-0.2, 0) is 0 Å². The van der Waals surface area contributed by atoms with Crippen LogP contribution in [0.5, 0.6) is 0 Å². The molecule has 2 unspecified atom stereocenters. The van der Waals surface area contributed by atoms with Crippen molar-refractivity contribution < 1.29 is 9.59 Å². The second-order valence-corrected chi connectivity index (χ2v) is 6.55. The van der Waals surface area contributed by atoms with Gasteiger partial charge in [-0.25, -0.2) is 0 Å². The van der Waals surface area contributed by atoms with Crippen LogP contribution >= 0.6 is 0 Å². The number of carbonyl (C=O) groups excluding carboxylic acids is 2. The molecule has 2 aliphatic rings. The number of carbonyl (C=O) groups is 2. The number of anilines is 1. The van der Waals surface area contributed by atoms with Gasteiger partial charge in [0.25, 0.3) is 11.8 Å². The number of nitrogens with two attached hydrogens (primary N) is 1. The maximum absolute atomic E-state index is 12.7. The SMILES string of the molecule is CC(C)C1CCCCC1N1C(=O)c2ccc(N)cc2C1=O. The fourth-order valence-electron chi connectivity index (χ4n) is 3.82. The van der Waals surface area contributed by atoms with Gasteiger partial charge < -0.3 is 5.73 Å². The largest absolute Gasteiger partial charge is 0.399 e. The molecule has 2 amide bonds. The van der Waals surface area contributed by atoms with E-state index >= 15 is 0 Å². The predicted molar refractivity (Wildman–Crippen MR) is 81.9 cm³/mol. The third-order valence-electron chi connectivity index (χ3n) is 4.91. The van der Waals surface area contributed by atoms with Gasteiger partial charge in [-0.15, -0.1) is 0 Å². The fraction of sp³-hybridized carbons (Fsp3) is 0.529. The van der Waals surface area contributed by atoms with E-state index in [1.54, 1.807) is 18.2 Å². The van der Waals surface area contributed by atoms with Crippen molar-refractivity contribution in [2.45, 2.75) is 45.6 Å². The Bertz CT molecular complexity index is 594. The summed E-state index contributed by atoms with van der Waals surface area (Å²) in [4.78, 5) is 26.8. The first-order chi connectivity index (χ1) is 10.0. The van der Waals surface area contributed by atoms with Crippen molar-refractivity contribution in [1.29, 1.82) is 0 Å². The second-order valence-electron chi connectivity index (χ2n) is 6.55. The summed E-state index contributed by atoms with van der Waals surface area (Å²) in [6.45, 7) is 4.36. The number of amides is 2. The Morgan fingerprint density at radius 2 is 1.76 bits per heavy atom. The molecule has 1 saturated carbocycles. The minimum Gasteiger partial charge on any atom is -0.399 e. The first-order valence-electron chi connectivity index (χ1n) is 7.78. The predicted octanol–water partition coefficient (Wildman–Crippen LogP) is 3.08. The van der Waals surface area contributed by atoms with E-state index in [2.05, 4.69) is 13.8 Å². The van der Waals surface area contributed by atoms with E-state index in [4.69, 9.17) is 5.73 Å². The molecule has 1 fully saturated rings. The average molecular weight is 286 g/mol. The highest BCUT2D eigenvalue weighted by Gasteiger charge is 2.43. The minimum atomic E-state index is -0.167. The summed E-state index contributed by atoms with van der Waals surface area (Å²) in [5, 5.41) is 0. The molecule has 1 heterocycles. The smallest absolute Gasteiger partial charge is 0.261 e. The normalized spacial score (nSPS) is 25.6. The first kappa shape index (κ1) is 14.1. The van der Waals surface area contributed by atoms with Crippen LogP contribution in [0.2, 0.25) is 0 Å². The number of fused-ring (bicyclic) bond motifs is 1. The number of hydrogen-bond acceptors (Lipinski definition) is 3. The standard InChI is InChI=1S/C17H22N2O2/c1-10(2)12-5-3-4-6-15(12)19-16(20)13-8-7-11(18)9-14(13)17(19)21/h7-10,12,15H,3-6,18H2,1-2H3. The Kier molecular flexibility index (Phi) is 3.47. The van der Waals surface area contributed by atoms with Gasteiger partial charge in [0.15, 0.2) is 0 Å². The fourth-order valence-corrected chi connectivity index (χ4v) is 3.82. The first-order valence-corrected chi connectivity index (χ1v) is 7.78. The van der Waals surface area contributed by atoms with Crippen molar-refractivity contribution in [1.82, 2.24) is 4.90 Å². The van der Waals surface area contributed by atoms with Crippen LogP contribution in [0.25, 0.3) is 0 Å². The molecule has 0 spiro atoms. The van der Waals surface area contributed by atoms with Crippen LogP contribution < -0.4 is 5.73 Å². The topological polar surface area (TPSA) is 63.4 Å². The summed E-state index contributed by atoms with van der Waals surface area (Å²) >= 11 is 0. The third-order valence-corrected chi connectivity index (χ3v) is 4.91. The molecule has 0 aromatic heterocycles. The molecule has 1 aromatic carbocycles. The highest BCUT2D eigenvalue weighted by atomic mass is 16.2. The molecular formula is C17H22N2O2. The average Bonchev–Trinajstić information content (AvgIpc) is 2.70. The number of hydrogen-bond donors (Lipinski definition) is 1. The highest BCUT2D eigenvalue weighted by Crippen LogP contribution is 2.37. The lowest BCUT2D eigenvalue weighted by Gasteiger charge is -2.39. The Morgan fingerprint density at radius 1 is 1.10 bits per heavy atom. The Balaban J connectivity index is 1.97. The van der Waals surface area contributed by atoms with Gasteiger partial charge in [-0.1, -0.05) is 26.7 Å². The van der Waals surface area contributed by atoms with E-state index < -0.39 is 0 Å². The lowest BCUT2D eigenvalue weighted by Crippen LogP contribution is -2.47. The summed E-state index contributed by atoms with van der Waals surface area (Å²) < 4.78 is 0. The highest BCUT2D eigenvalue weighted by molar-refractivity contribution is 6.21. The monoisotopic (exact) mass is 286 g/mol. The van der Waals surface area contributed by atoms with Crippen molar-refractivity contribution >= 4 is 17.5 Å². The molecule has 0 radical (unpaired) electrons. The quantitative estimate of drug-likeness (QED) is 0.671. The van der Waals surface area contributed by atoms with E-state index in [1.807, 2.05) is 0 Å². The van der Waals surface area contributed by atoms with Gasteiger partial charge in [0.1, 0.15) is 0 Å². The Hall–Kier alpha value is -1.84. The van der Waals surface area contributed by atoms with E-state index in [0.717, 1.165) is 19.3 Å². The van der Waals surface area contributed by atoms with Crippen LogP contribution in [0.4, 0.5) is 5.69 Å². The summed E-state index contributed by atoms with van der Waals surface area (Å²) in [7, 11) is 0. The number of imide groups is 1. The molecule has 1 aliphatic heterocycles. The zero-order chi connectivity index (χ0) is 15.1. The summed E-state index contributed by atoms with van der Waals surface area (Å²) in [6, 6.07) is 5.03. The van der Waals surface area contributed by atoms with Crippen molar-refractivity contribution in [3.63, 3.8) is 0 Å². The summed E-state index contributed by atoms with van der Waals surface area (Å²) in [5.41, 5.74) is 7.25. The van der Waals surface area contributed by atoms with Crippen LogP contribution in [0, 0.1) is 11.8 Å². The van der Waals surface area contributed by atoms with Gasteiger partial charge in [0, 0.05) is 11.7 Å². The van der Waals surface area contributed by atoms with Gasteiger partial charge in [-0.05, 0) is 42.9 Å². The van der Waals surface area contributed by atoms with Gasteiger partial charge in [0.2, 0.25) is 0 Å². The lowest BCUT2D eigenvalue weighted by molar-refractivity contribution is 0.0424. The second kappa shape index (κ2) is 5.17. The molecule has 0 bridgehead atoms. The third kappa shape index (κ3) is 2.23. The Labute approximate surface area is 125 Å².